The van der Waals surface area contributed by atoms with E-state index in [-0.39, 0.29) is 23.6 Å². The summed E-state index contributed by atoms with van der Waals surface area (Å²) in [5, 5.41) is 7.08. The molecular weight excluding hydrogens is 319 g/mol. The second-order valence-corrected chi connectivity index (χ2v) is 6.57. The summed E-state index contributed by atoms with van der Waals surface area (Å²) in [7, 11) is 1.87. The van der Waals surface area contributed by atoms with Gasteiger partial charge >= 0.3 is 0 Å². The molecule has 1 fully saturated rings. The zero-order valence-corrected chi connectivity index (χ0v) is 15.0. The molecule has 1 amide bonds. The normalized spacial score (nSPS) is 18.9. The van der Waals surface area contributed by atoms with Crippen LogP contribution >= 0.6 is 0 Å². The van der Waals surface area contributed by atoms with Crippen molar-refractivity contribution in [2.75, 3.05) is 18.0 Å². The molecule has 1 N–H and O–H groups in total. The minimum atomic E-state index is -0.241. The average Bonchev–Trinajstić information content (AvgIpc) is 3.29. The molecule has 0 unspecified atom stereocenters. The van der Waals surface area contributed by atoms with E-state index in [1.807, 2.05) is 44.3 Å². The van der Waals surface area contributed by atoms with E-state index in [2.05, 4.69) is 10.4 Å². The van der Waals surface area contributed by atoms with Gasteiger partial charge in [0.05, 0.1) is 11.9 Å². The summed E-state index contributed by atoms with van der Waals surface area (Å²) >= 11 is 0. The molecule has 0 bridgehead atoms. The van der Waals surface area contributed by atoms with Crippen molar-refractivity contribution in [3.8, 4) is 0 Å². The molecule has 0 spiro atoms. The van der Waals surface area contributed by atoms with E-state index in [4.69, 9.17) is 0 Å². The Bertz CT molecular complexity index is 754. The van der Waals surface area contributed by atoms with Crippen molar-refractivity contribution in [2.45, 2.75) is 32.7 Å². The molecule has 1 aromatic carbocycles. The number of carbonyl (C=O) groups excluding carboxylic acids is 1. The van der Waals surface area contributed by atoms with Crippen molar-refractivity contribution in [3.05, 3.63) is 47.5 Å². The number of rotatable bonds is 7. The molecule has 3 rings (SSSR count). The monoisotopic (exact) mass is 344 g/mol. The highest BCUT2D eigenvalue weighted by Gasteiger charge is 2.44. The molecule has 1 heterocycles. The number of halogens is 1. The third kappa shape index (κ3) is 3.83. The Morgan fingerprint density at radius 2 is 2.16 bits per heavy atom. The quantitative estimate of drug-likeness (QED) is 0.840. The van der Waals surface area contributed by atoms with Crippen LogP contribution in [-0.2, 0) is 18.4 Å². The Morgan fingerprint density at radius 1 is 1.40 bits per heavy atom. The fourth-order valence-corrected chi connectivity index (χ4v) is 3.29. The first-order valence-electron chi connectivity index (χ1n) is 8.83. The molecule has 1 aromatic heterocycles. The second kappa shape index (κ2) is 7.25. The van der Waals surface area contributed by atoms with Gasteiger partial charge in [0.1, 0.15) is 5.82 Å². The summed E-state index contributed by atoms with van der Waals surface area (Å²) in [6.07, 6.45) is 4.63. The summed E-state index contributed by atoms with van der Waals surface area (Å²) in [6, 6.07) is 5.18. The first kappa shape index (κ1) is 17.5. The van der Waals surface area contributed by atoms with E-state index in [1.165, 1.54) is 6.07 Å². The van der Waals surface area contributed by atoms with Gasteiger partial charge in [0.2, 0.25) is 5.91 Å². The molecular formula is C19H25FN4O. The maximum atomic E-state index is 14.3. The number of aryl methyl sites for hydroxylation is 1. The lowest BCUT2D eigenvalue weighted by Crippen LogP contribution is -2.25. The smallest absolute Gasteiger partial charge is 0.224 e. The van der Waals surface area contributed by atoms with Crippen LogP contribution in [-0.4, -0.2) is 28.8 Å². The van der Waals surface area contributed by atoms with Gasteiger partial charge < -0.3 is 10.2 Å². The lowest BCUT2D eigenvalue weighted by atomic mass is 10.1. The van der Waals surface area contributed by atoms with Crippen LogP contribution in [0.1, 0.15) is 37.3 Å². The average molecular weight is 344 g/mol. The molecule has 134 valence electrons. The van der Waals surface area contributed by atoms with Crippen LogP contribution in [0.15, 0.2) is 30.6 Å². The Hall–Kier alpha value is -2.37. The molecule has 25 heavy (non-hydrogen) atoms. The summed E-state index contributed by atoms with van der Waals surface area (Å²) in [5.41, 5.74) is 2.50. The summed E-state index contributed by atoms with van der Waals surface area (Å²) < 4.78 is 16.0. The Balaban J connectivity index is 1.55. The number of hydrogen-bond acceptors (Lipinski definition) is 3. The number of nitrogens with zero attached hydrogens (tertiary/aromatic N) is 3. The van der Waals surface area contributed by atoms with Crippen LogP contribution in [0.2, 0.25) is 0 Å². The van der Waals surface area contributed by atoms with Crippen LogP contribution in [0, 0.1) is 11.7 Å². The number of hydrogen-bond donors (Lipinski definition) is 1. The molecule has 0 aliphatic heterocycles. The fourth-order valence-electron chi connectivity index (χ4n) is 3.29. The number of nitrogens with one attached hydrogen (secondary N) is 1. The van der Waals surface area contributed by atoms with Crippen LogP contribution in [0.4, 0.5) is 10.1 Å². The Labute approximate surface area is 147 Å². The minimum absolute atomic E-state index is 0.00370. The third-order valence-corrected chi connectivity index (χ3v) is 4.86. The van der Waals surface area contributed by atoms with Crippen molar-refractivity contribution >= 4 is 11.6 Å². The van der Waals surface area contributed by atoms with Gasteiger partial charge in [-0.3, -0.25) is 9.48 Å². The van der Waals surface area contributed by atoms with Gasteiger partial charge in [0.25, 0.3) is 0 Å². The molecule has 1 aliphatic rings. The highest BCUT2D eigenvalue weighted by molar-refractivity contribution is 5.82. The largest absolute Gasteiger partial charge is 0.370 e. The highest BCUT2D eigenvalue weighted by Crippen LogP contribution is 2.47. The van der Waals surface area contributed by atoms with Gasteiger partial charge in [-0.25, -0.2) is 4.39 Å². The number of aromatic nitrogens is 2. The maximum Gasteiger partial charge on any atom is 0.224 e. The summed E-state index contributed by atoms with van der Waals surface area (Å²) in [4.78, 5) is 14.3. The van der Waals surface area contributed by atoms with Crippen molar-refractivity contribution in [1.29, 1.82) is 0 Å². The summed E-state index contributed by atoms with van der Waals surface area (Å²) in [6.45, 7) is 5.89. The predicted molar refractivity (Wildman–Crippen MR) is 95.9 cm³/mol. The van der Waals surface area contributed by atoms with Crippen LogP contribution in [0.25, 0.3) is 0 Å². The number of carbonyl (C=O) groups is 1. The first-order valence-corrected chi connectivity index (χ1v) is 8.83. The third-order valence-electron chi connectivity index (χ3n) is 4.86. The van der Waals surface area contributed by atoms with E-state index in [1.54, 1.807) is 10.7 Å². The van der Waals surface area contributed by atoms with Crippen molar-refractivity contribution < 1.29 is 9.18 Å². The molecule has 6 heteroatoms. The fraction of sp³-hybridized carbons (Fsp3) is 0.474. The molecule has 5 nitrogen and oxygen atoms in total. The van der Waals surface area contributed by atoms with Crippen LogP contribution in [0.3, 0.4) is 0 Å². The molecule has 0 saturated heterocycles. The molecule has 1 saturated carbocycles. The zero-order chi connectivity index (χ0) is 18.0. The van der Waals surface area contributed by atoms with E-state index >= 15 is 0 Å². The topological polar surface area (TPSA) is 50.2 Å². The van der Waals surface area contributed by atoms with Crippen molar-refractivity contribution in [3.63, 3.8) is 0 Å². The number of anilines is 1. The first-order chi connectivity index (χ1) is 12.0. The van der Waals surface area contributed by atoms with Gasteiger partial charge in [-0.05, 0) is 49.4 Å². The van der Waals surface area contributed by atoms with E-state index in [0.717, 1.165) is 30.6 Å². The van der Waals surface area contributed by atoms with Crippen LogP contribution < -0.4 is 10.2 Å². The maximum absolute atomic E-state index is 14.3. The standard InChI is InChI=1S/C19H25FN4O/c1-4-24(5-2)18-7-6-13(8-17(18)20)10-21-19(25)16-9-15(16)14-11-22-23(3)12-14/h6-8,11-12,15-16H,4-5,9-10H2,1-3H3,(H,21,25)/t15-,16-/m0/s1. The van der Waals surface area contributed by atoms with E-state index < -0.39 is 0 Å². The Kier molecular flexibility index (Phi) is 5.06. The Morgan fingerprint density at radius 3 is 2.76 bits per heavy atom. The molecule has 2 aromatic rings. The SMILES string of the molecule is CCN(CC)c1ccc(CNC(=O)[C@H]2C[C@H]2c2cnn(C)c2)cc1F. The molecule has 1 aliphatic carbocycles. The van der Waals surface area contributed by atoms with Gasteiger partial charge in [0, 0.05) is 38.8 Å². The minimum Gasteiger partial charge on any atom is -0.370 e. The number of benzene rings is 1. The molecule has 2 atom stereocenters. The van der Waals surface area contributed by atoms with Gasteiger partial charge in [-0.2, -0.15) is 5.10 Å². The van der Waals surface area contributed by atoms with E-state index in [9.17, 15) is 9.18 Å². The van der Waals surface area contributed by atoms with Gasteiger partial charge in [-0.15, -0.1) is 0 Å². The van der Waals surface area contributed by atoms with Crippen molar-refractivity contribution in [1.82, 2.24) is 15.1 Å². The zero-order valence-electron chi connectivity index (χ0n) is 15.0. The van der Waals surface area contributed by atoms with E-state index in [0.29, 0.717) is 12.2 Å². The lowest BCUT2D eigenvalue weighted by Gasteiger charge is -2.22. The number of amides is 1. The predicted octanol–water partition coefficient (Wildman–Crippen LogP) is 2.83. The van der Waals surface area contributed by atoms with Crippen molar-refractivity contribution in [2.24, 2.45) is 13.0 Å². The highest BCUT2D eigenvalue weighted by atomic mass is 19.1. The van der Waals surface area contributed by atoms with Gasteiger partial charge in [-0.1, -0.05) is 6.07 Å². The lowest BCUT2D eigenvalue weighted by molar-refractivity contribution is -0.122. The van der Waals surface area contributed by atoms with Crippen LogP contribution in [0.5, 0.6) is 0 Å². The second-order valence-electron chi connectivity index (χ2n) is 6.57. The van der Waals surface area contributed by atoms with Gasteiger partial charge in [0.15, 0.2) is 0 Å². The summed E-state index contributed by atoms with van der Waals surface area (Å²) in [5.74, 6) is 0.0525. The molecule has 0 radical (unpaired) electrons.